The SMILES string of the molecule is CCCCc1c[nH]c2cnccc12.[HH]. The van der Waals surface area contributed by atoms with Crippen molar-refractivity contribution in [2.75, 3.05) is 0 Å². The second kappa shape index (κ2) is 3.60. The standard InChI is InChI=1S/C11H14N2.H2/c1-2-3-4-9-7-13-11-8-12-6-5-10(9)11;/h5-8,13H,2-4H2,1H3;1H. The summed E-state index contributed by atoms with van der Waals surface area (Å²) in [6.45, 7) is 2.22. The summed E-state index contributed by atoms with van der Waals surface area (Å²) in [7, 11) is 0. The van der Waals surface area contributed by atoms with Crippen LogP contribution in [-0.4, -0.2) is 9.97 Å². The number of nitrogens with one attached hydrogen (secondary N) is 1. The second-order valence-corrected chi connectivity index (χ2v) is 3.34. The fraction of sp³-hybridized carbons (Fsp3) is 0.364. The number of aryl methyl sites for hydroxylation is 1. The zero-order valence-corrected chi connectivity index (χ0v) is 7.88. The molecule has 0 aliphatic rings. The maximum atomic E-state index is 4.08. The summed E-state index contributed by atoms with van der Waals surface area (Å²) in [5.74, 6) is 0. The van der Waals surface area contributed by atoms with E-state index in [1.165, 1.54) is 30.2 Å². The van der Waals surface area contributed by atoms with Crippen LogP contribution in [-0.2, 0) is 6.42 Å². The number of hydrogen-bond donors (Lipinski definition) is 1. The van der Waals surface area contributed by atoms with Gasteiger partial charge in [-0.1, -0.05) is 13.3 Å². The molecule has 13 heavy (non-hydrogen) atoms. The van der Waals surface area contributed by atoms with Gasteiger partial charge in [-0.05, 0) is 24.5 Å². The van der Waals surface area contributed by atoms with Crippen molar-refractivity contribution in [2.24, 2.45) is 0 Å². The molecule has 2 aromatic rings. The Bertz CT molecular complexity index is 395. The minimum Gasteiger partial charge on any atom is -0.360 e. The quantitative estimate of drug-likeness (QED) is 0.764. The third-order valence-corrected chi connectivity index (χ3v) is 2.37. The van der Waals surface area contributed by atoms with Crippen molar-refractivity contribution in [1.29, 1.82) is 0 Å². The van der Waals surface area contributed by atoms with E-state index < -0.39 is 0 Å². The van der Waals surface area contributed by atoms with Crippen LogP contribution >= 0.6 is 0 Å². The minimum absolute atomic E-state index is 0. The van der Waals surface area contributed by atoms with Crippen LogP contribution in [0.2, 0.25) is 0 Å². The van der Waals surface area contributed by atoms with Gasteiger partial charge in [-0.25, -0.2) is 0 Å². The van der Waals surface area contributed by atoms with Crippen molar-refractivity contribution < 1.29 is 1.43 Å². The van der Waals surface area contributed by atoms with Gasteiger partial charge in [0.15, 0.2) is 0 Å². The number of nitrogens with zero attached hydrogens (tertiary/aromatic N) is 1. The predicted molar refractivity (Wildman–Crippen MR) is 56.8 cm³/mol. The van der Waals surface area contributed by atoms with Crippen molar-refractivity contribution in [3.05, 3.63) is 30.2 Å². The topological polar surface area (TPSA) is 28.7 Å². The Morgan fingerprint density at radius 1 is 1.54 bits per heavy atom. The molecule has 2 heterocycles. The van der Waals surface area contributed by atoms with Crippen molar-refractivity contribution in [2.45, 2.75) is 26.2 Å². The highest BCUT2D eigenvalue weighted by Gasteiger charge is 2.01. The smallest absolute Gasteiger partial charge is 0.0643 e. The highest BCUT2D eigenvalue weighted by Crippen LogP contribution is 2.18. The molecule has 2 rings (SSSR count). The average molecular weight is 176 g/mol. The lowest BCUT2D eigenvalue weighted by molar-refractivity contribution is 0.799. The van der Waals surface area contributed by atoms with E-state index in [-0.39, 0.29) is 1.43 Å². The summed E-state index contributed by atoms with van der Waals surface area (Å²) in [5.41, 5.74) is 2.56. The first-order chi connectivity index (χ1) is 6.42. The number of unbranched alkanes of at least 4 members (excludes halogenated alkanes) is 1. The van der Waals surface area contributed by atoms with E-state index in [0.29, 0.717) is 0 Å². The van der Waals surface area contributed by atoms with Crippen LogP contribution in [0, 0.1) is 0 Å². The first-order valence-corrected chi connectivity index (χ1v) is 4.82. The number of aromatic amines is 1. The van der Waals surface area contributed by atoms with E-state index in [4.69, 9.17) is 0 Å². The predicted octanol–water partition coefficient (Wildman–Crippen LogP) is 3.15. The number of hydrogen-bond acceptors (Lipinski definition) is 1. The Morgan fingerprint density at radius 3 is 3.31 bits per heavy atom. The Morgan fingerprint density at radius 2 is 2.46 bits per heavy atom. The second-order valence-electron chi connectivity index (χ2n) is 3.34. The molecule has 2 aromatic heterocycles. The summed E-state index contributed by atoms with van der Waals surface area (Å²) in [4.78, 5) is 7.31. The summed E-state index contributed by atoms with van der Waals surface area (Å²) >= 11 is 0. The maximum Gasteiger partial charge on any atom is 0.0643 e. The van der Waals surface area contributed by atoms with Gasteiger partial charge >= 0.3 is 0 Å². The molecule has 70 valence electrons. The van der Waals surface area contributed by atoms with E-state index in [1.54, 1.807) is 0 Å². The van der Waals surface area contributed by atoms with E-state index in [2.05, 4.69) is 29.2 Å². The minimum atomic E-state index is 0. The van der Waals surface area contributed by atoms with Gasteiger partial charge in [-0.3, -0.25) is 4.98 Å². The molecular weight excluding hydrogens is 160 g/mol. The van der Waals surface area contributed by atoms with E-state index in [0.717, 1.165) is 5.52 Å². The number of fused-ring (bicyclic) bond motifs is 1. The van der Waals surface area contributed by atoms with Crippen LogP contribution in [0.25, 0.3) is 10.9 Å². The molecule has 0 aromatic carbocycles. The van der Waals surface area contributed by atoms with Gasteiger partial charge in [-0.15, -0.1) is 0 Å². The average Bonchev–Trinajstić information content (AvgIpc) is 2.58. The molecule has 0 amide bonds. The van der Waals surface area contributed by atoms with Gasteiger partial charge in [0, 0.05) is 19.2 Å². The van der Waals surface area contributed by atoms with Crippen LogP contribution in [0.5, 0.6) is 0 Å². The van der Waals surface area contributed by atoms with Crippen molar-refractivity contribution in [3.8, 4) is 0 Å². The lowest BCUT2D eigenvalue weighted by Gasteiger charge is -1.95. The highest BCUT2D eigenvalue weighted by atomic mass is 14.7. The first kappa shape index (κ1) is 8.30. The highest BCUT2D eigenvalue weighted by molar-refractivity contribution is 5.82. The normalized spacial score (nSPS) is 10.8. The van der Waals surface area contributed by atoms with Crippen molar-refractivity contribution in [1.82, 2.24) is 9.97 Å². The van der Waals surface area contributed by atoms with E-state index >= 15 is 0 Å². The van der Waals surface area contributed by atoms with Crippen molar-refractivity contribution >= 4 is 10.9 Å². The van der Waals surface area contributed by atoms with E-state index in [9.17, 15) is 0 Å². The van der Waals surface area contributed by atoms with Crippen LogP contribution < -0.4 is 0 Å². The largest absolute Gasteiger partial charge is 0.360 e. The molecule has 1 N–H and O–H groups in total. The molecular formula is C11H16N2. The Kier molecular flexibility index (Phi) is 2.30. The van der Waals surface area contributed by atoms with Gasteiger partial charge in [0.2, 0.25) is 0 Å². The molecule has 0 unspecified atom stereocenters. The van der Waals surface area contributed by atoms with Gasteiger partial charge in [0.25, 0.3) is 0 Å². The van der Waals surface area contributed by atoms with Crippen LogP contribution in [0.15, 0.2) is 24.7 Å². The van der Waals surface area contributed by atoms with Crippen LogP contribution in [0.1, 0.15) is 26.8 Å². The lowest BCUT2D eigenvalue weighted by atomic mass is 10.1. The molecule has 2 nitrogen and oxygen atoms in total. The lowest BCUT2D eigenvalue weighted by Crippen LogP contribution is -1.81. The number of pyridine rings is 1. The fourth-order valence-electron chi connectivity index (χ4n) is 1.61. The number of rotatable bonds is 3. The molecule has 0 bridgehead atoms. The number of H-pyrrole nitrogens is 1. The molecule has 0 radical (unpaired) electrons. The Hall–Kier alpha value is -1.31. The van der Waals surface area contributed by atoms with Crippen LogP contribution in [0.3, 0.4) is 0 Å². The molecule has 2 heteroatoms. The zero-order valence-electron chi connectivity index (χ0n) is 7.88. The molecule has 0 fully saturated rings. The zero-order chi connectivity index (χ0) is 9.10. The monoisotopic (exact) mass is 176 g/mol. The van der Waals surface area contributed by atoms with Crippen LogP contribution in [0.4, 0.5) is 0 Å². The summed E-state index contributed by atoms with van der Waals surface area (Å²) < 4.78 is 0. The summed E-state index contributed by atoms with van der Waals surface area (Å²) in [5, 5.41) is 1.32. The maximum absolute atomic E-state index is 4.08. The fourth-order valence-corrected chi connectivity index (χ4v) is 1.61. The summed E-state index contributed by atoms with van der Waals surface area (Å²) in [6, 6.07) is 2.08. The van der Waals surface area contributed by atoms with Gasteiger partial charge in [-0.2, -0.15) is 0 Å². The Balaban J connectivity index is 0.000000980. The van der Waals surface area contributed by atoms with Gasteiger partial charge in [0.05, 0.1) is 11.7 Å². The molecule has 0 saturated heterocycles. The van der Waals surface area contributed by atoms with E-state index in [1.807, 2.05) is 12.4 Å². The Labute approximate surface area is 79.5 Å². The first-order valence-electron chi connectivity index (χ1n) is 4.82. The van der Waals surface area contributed by atoms with Gasteiger partial charge < -0.3 is 4.98 Å². The van der Waals surface area contributed by atoms with Crippen molar-refractivity contribution in [3.63, 3.8) is 0 Å². The van der Waals surface area contributed by atoms with Gasteiger partial charge in [0.1, 0.15) is 0 Å². The summed E-state index contributed by atoms with van der Waals surface area (Å²) in [6.07, 6.45) is 9.51. The molecule has 0 aliphatic heterocycles. The molecule has 0 spiro atoms. The third kappa shape index (κ3) is 1.57. The molecule has 0 saturated carbocycles. The number of aromatic nitrogens is 2. The third-order valence-electron chi connectivity index (χ3n) is 2.37. The molecule has 0 aliphatic carbocycles. The molecule has 0 atom stereocenters.